The molecule has 0 atom stereocenters. The second-order valence-electron chi connectivity index (χ2n) is 3.78. The van der Waals surface area contributed by atoms with Crippen molar-refractivity contribution in [3.8, 4) is 11.8 Å². The Morgan fingerprint density at radius 2 is 2.42 bits per heavy atom. The molecule has 2 aromatic heterocycles. The first-order valence-corrected chi connectivity index (χ1v) is 6.44. The van der Waals surface area contributed by atoms with Crippen molar-refractivity contribution in [1.82, 2.24) is 4.98 Å². The smallest absolute Gasteiger partial charge is 0.265 e. The van der Waals surface area contributed by atoms with Gasteiger partial charge in [-0.05, 0) is 30.7 Å². The van der Waals surface area contributed by atoms with Crippen LogP contribution in [0.3, 0.4) is 0 Å². The highest BCUT2D eigenvalue weighted by atomic mass is 32.1. The molecule has 1 amide bonds. The van der Waals surface area contributed by atoms with Crippen molar-refractivity contribution in [3.63, 3.8) is 0 Å². The third-order valence-electron chi connectivity index (χ3n) is 2.34. The fourth-order valence-electron chi connectivity index (χ4n) is 1.47. The standard InChI is InChI=1S/C14H12N2O2S/c1-10-8-13(19-12(10)5-3-7-17)14(18)16-11-4-2-6-15-9-11/h2,4,6,8-9,17H,7H2,1H3,(H,16,18). The third-order valence-corrected chi connectivity index (χ3v) is 3.49. The van der Waals surface area contributed by atoms with Crippen LogP contribution < -0.4 is 5.32 Å². The molecule has 2 aromatic rings. The lowest BCUT2D eigenvalue weighted by molar-refractivity contribution is 0.103. The van der Waals surface area contributed by atoms with E-state index in [1.54, 1.807) is 30.6 Å². The summed E-state index contributed by atoms with van der Waals surface area (Å²) in [5.74, 6) is 5.23. The Bertz CT molecular complexity index is 638. The maximum atomic E-state index is 12.0. The SMILES string of the molecule is Cc1cc(C(=O)Nc2cccnc2)sc1C#CCO. The molecular formula is C14H12N2O2S. The summed E-state index contributed by atoms with van der Waals surface area (Å²) in [5.41, 5.74) is 1.59. The van der Waals surface area contributed by atoms with E-state index in [1.165, 1.54) is 11.3 Å². The summed E-state index contributed by atoms with van der Waals surface area (Å²) in [6.45, 7) is 1.70. The fraction of sp³-hybridized carbons (Fsp3) is 0.143. The van der Waals surface area contributed by atoms with E-state index < -0.39 is 0 Å². The normalized spacial score (nSPS) is 9.58. The molecule has 0 radical (unpaired) electrons. The molecule has 4 nitrogen and oxygen atoms in total. The minimum Gasteiger partial charge on any atom is -0.384 e. The lowest BCUT2D eigenvalue weighted by Gasteiger charge is -2.01. The van der Waals surface area contributed by atoms with Gasteiger partial charge >= 0.3 is 0 Å². The second kappa shape index (κ2) is 6.14. The summed E-state index contributed by atoms with van der Waals surface area (Å²) in [6.07, 6.45) is 3.23. The van der Waals surface area contributed by atoms with Crippen LogP contribution in [0.2, 0.25) is 0 Å². The van der Waals surface area contributed by atoms with Gasteiger partial charge in [-0.1, -0.05) is 11.8 Å². The molecular weight excluding hydrogens is 260 g/mol. The number of aliphatic hydroxyl groups is 1. The van der Waals surface area contributed by atoms with Crippen molar-refractivity contribution in [3.05, 3.63) is 45.9 Å². The quantitative estimate of drug-likeness (QED) is 0.822. The zero-order valence-electron chi connectivity index (χ0n) is 10.3. The maximum Gasteiger partial charge on any atom is 0.265 e. The number of carbonyl (C=O) groups is 1. The molecule has 0 unspecified atom stereocenters. The fourth-order valence-corrected chi connectivity index (χ4v) is 2.41. The number of hydrogen-bond acceptors (Lipinski definition) is 4. The van der Waals surface area contributed by atoms with Crippen LogP contribution in [-0.2, 0) is 0 Å². The van der Waals surface area contributed by atoms with Crippen molar-refractivity contribution < 1.29 is 9.90 Å². The van der Waals surface area contributed by atoms with Gasteiger partial charge in [0.05, 0.1) is 21.6 Å². The molecule has 0 fully saturated rings. The van der Waals surface area contributed by atoms with E-state index in [1.807, 2.05) is 6.92 Å². The highest BCUT2D eigenvalue weighted by Crippen LogP contribution is 2.22. The number of nitrogens with one attached hydrogen (secondary N) is 1. The largest absolute Gasteiger partial charge is 0.384 e. The van der Waals surface area contributed by atoms with Gasteiger partial charge in [-0.15, -0.1) is 11.3 Å². The highest BCUT2D eigenvalue weighted by Gasteiger charge is 2.11. The number of carbonyl (C=O) groups excluding carboxylic acids is 1. The molecule has 2 rings (SSSR count). The Hall–Kier alpha value is -2.16. The number of anilines is 1. The number of aromatic nitrogens is 1. The van der Waals surface area contributed by atoms with Crippen molar-refractivity contribution in [2.75, 3.05) is 11.9 Å². The van der Waals surface area contributed by atoms with Crippen molar-refractivity contribution in [2.45, 2.75) is 6.92 Å². The van der Waals surface area contributed by atoms with Gasteiger partial charge in [0.25, 0.3) is 5.91 Å². The summed E-state index contributed by atoms with van der Waals surface area (Å²) in [7, 11) is 0. The van der Waals surface area contributed by atoms with E-state index in [0.717, 1.165) is 10.4 Å². The average Bonchev–Trinajstić information content (AvgIpc) is 2.79. The number of thiophene rings is 1. The predicted octanol–water partition coefficient (Wildman–Crippen LogP) is 2.05. The van der Waals surface area contributed by atoms with E-state index >= 15 is 0 Å². The zero-order valence-corrected chi connectivity index (χ0v) is 11.1. The van der Waals surface area contributed by atoms with Gasteiger partial charge in [-0.25, -0.2) is 0 Å². The minimum atomic E-state index is -0.186. The summed E-state index contributed by atoms with van der Waals surface area (Å²) in [4.78, 5) is 17.3. The second-order valence-corrected chi connectivity index (χ2v) is 4.83. The number of hydrogen-bond donors (Lipinski definition) is 2. The molecule has 19 heavy (non-hydrogen) atoms. The minimum absolute atomic E-state index is 0.182. The predicted molar refractivity (Wildman–Crippen MR) is 75.2 cm³/mol. The van der Waals surface area contributed by atoms with E-state index in [2.05, 4.69) is 22.1 Å². The number of aryl methyl sites for hydroxylation is 1. The van der Waals surface area contributed by atoms with Gasteiger partial charge in [0.1, 0.15) is 6.61 Å². The van der Waals surface area contributed by atoms with Gasteiger partial charge in [-0.3, -0.25) is 9.78 Å². The first-order chi connectivity index (χ1) is 9.20. The van der Waals surface area contributed by atoms with Crippen LogP contribution in [0.25, 0.3) is 0 Å². The Morgan fingerprint density at radius 3 is 3.11 bits per heavy atom. The monoisotopic (exact) mass is 272 g/mol. The van der Waals surface area contributed by atoms with Crippen LogP contribution >= 0.6 is 11.3 Å². The average molecular weight is 272 g/mol. The van der Waals surface area contributed by atoms with Crippen molar-refractivity contribution in [2.24, 2.45) is 0 Å². The van der Waals surface area contributed by atoms with Crippen molar-refractivity contribution >= 4 is 22.9 Å². The number of pyridine rings is 1. The number of amides is 1. The number of aliphatic hydroxyl groups excluding tert-OH is 1. The molecule has 0 aliphatic heterocycles. The van der Waals surface area contributed by atoms with Crippen LogP contribution in [0.15, 0.2) is 30.6 Å². The molecule has 2 heterocycles. The molecule has 0 aromatic carbocycles. The maximum absolute atomic E-state index is 12.0. The third kappa shape index (κ3) is 3.41. The lowest BCUT2D eigenvalue weighted by Crippen LogP contribution is -2.10. The van der Waals surface area contributed by atoms with E-state index in [0.29, 0.717) is 10.6 Å². The molecule has 96 valence electrons. The van der Waals surface area contributed by atoms with Crippen LogP contribution in [0, 0.1) is 18.8 Å². The topological polar surface area (TPSA) is 62.2 Å². The van der Waals surface area contributed by atoms with Crippen LogP contribution in [0.1, 0.15) is 20.1 Å². The molecule has 0 bridgehead atoms. The summed E-state index contributed by atoms with van der Waals surface area (Å²) >= 11 is 1.31. The summed E-state index contributed by atoms with van der Waals surface area (Å²) < 4.78 is 0. The Labute approximate surface area is 115 Å². The Kier molecular flexibility index (Phi) is 4.29. The van der Waals surface area contributed by atoms with Crippen LogP contribution in [-0.4, -0.2) is 22.6 Å². The first kappa shape index (κ1) is 13.3. The number of nitrogens with zero attached hydrogens (tertiary/aromatic N) is 1. The molecule has 0 saturated heterocycles. The van der Waals surface area contributed by atoms with Crippen molar-refractivity contribution in [1.29, 1.82) is 0 Å². The first-order valence-electron chi connectivity index (χ1n) is 5.62. The van der Waals surface area contributed by atoms with Gasteiger partial charge in [0.2, 0.25) is 0 Å². The molecule has 0 aliphatic rings. The van der Waals surface area contributed by atoms with Crippen LogP contribution in [0.4, 0.5) is 5.69 Å². The summed E-state index contributed by atoms with van der Waals surface area (Å²) in [6, 6.07) is 5.32. The van der Waals surface area contributed by atoms with Gasteiger partial charge in [0, 0.05) is 6.20 Å². The lowest BCUT2D eigenvalue weighted by atomic mass is 10.2. The highest BCUT2D eigenvalue weighted by molar-refractivity contribution is 7.14. The molecule has 0 spiro atoms. The van der Waals surface area contributed by atoms with E-state index in [4.69, 9.17) is 5.11 Å². The number of rotatable bonds is 2. The van der Waals surface area contributed by atoms with Crippen LogP contribution in [0.5, 0.6) is 0 Å². The van der Waals surface area contributed by atoms with Gasteiger partial charge in [0.15, 0.2) is 0 Å². The molecule has 2 N–H and O–H groups in total. The van der Waals surface area contributed by atoms with E-state index in [-0.39, 0.29) is 12.5 Å². The molecule has 0 aliphatic carbocycles. The molecule has 0 saturated carbocycles. The zero-order chi connectivity index (χ0) is 13.7. The van der Waals surface area contributed by atoms with E-state index in [9.17, 15) is 4.79 Å². The molecule has 5 heteroatoms. The Morgan fingerprint density at radius 1 is 1.58 bits per heavy atom. The van der Waals surface area contributed by atoms with Gasteiger partial charge < -0.3 is 10.4 Å². The summed E-state index contributed by atoms with van der Waals surface area (Å²) in [5, 5.41) is 11.4. The van der Waals surface area contributed by atoms with Gasteiger partial charge in [-0.2, -0.15) is 0 Å². The Balaban J connectivity index is 2.16.